The topological polar surface area (TPSA) is 57.7 Å². The molecule has 7 heteroatoms. The molecule has 0 saturated carbocycles. The molecule has 25 heavy (non-hydrogen) atoms. The van der Waals surface area contributed by atoms with Crippen LogP contribution in [0.3, 0.4) is 0 Å². The van der Waals surface area contributed by atoms with Crippen molar-refractivity contribution in [1.82, 2.24) is 4.98 Å². The van der Waals surface area contributed by atoms with Crippen molar-refractivity contribution in [3.63, 3.8) is 0 Å². The maximum absolute atomic E-state index is 12.0. The van der Waals surface area contributed by atoms with Crippen LogP contribution in [0.5, 0.6) is 11.5 Å². The van der Waals surface area contributed by atoms with Crippen molar-refractivity contribution >= 4 is 28.6 Å². The maximum atomic E-state index is 12.0. The van der Waals surface area contributed by atoms with E-state index in [4.69, 9.17) is 14.2 Å². The second-order valence-corrected chi connectivity index (χ2v) is 7.32. The average molecular weight is 375 g/mol. The zero-order valence-corrected chi connectivity index (χ0v) is 15.7. The molecule has 3 aromatic rings. The molecule has 0 atom stereocenters. The minimum absolute atomic E-state index is 0.137. The molecule has 0 amide bonds. The largest absolute Gasteiger partial charge is 0.493 e. The van der Waals surface area contributed by atoms with E-state index in [-0.39, 0.29) is 12.6 Å². The van der Waals surface area contributed by atoms with Gasteiger partial charge < -0.3 is 14.2 Å². The summed E-state index contributed by atoms with van der Waals surface area (Å²) in [5.74, 6) is 0.958. The highest BCUT2D eigenvalue weighted by atomic mass is 32.1. The van der Waals surface area contributed by atoms with Crippen LogP contribution in [0.4, 0.5) is 0 Å². The van der Waals surface area contributed by atoms with Crippen molar-refractivity contribution in [2.75, 3.05) is 14.2 Å². The maximum Gasteiger partial charge on any atom is 0.348 e. The Morgan fingerprint density at radius 1 is 1.16 bits per heavy atom. The van der Waals surface area contributed by atoms with Gasteiger partial charge in [0.1, 0.15) is 16.5 Å². The lowest BCUT2D eigenvalue weighted by atomic mass is 10.2. The van der Waals surface area contributed by atoms with E-state index in [1.165, 1.54) is 22.7 Å². The number of nitrogens with zero attached hydrogens (tertiary/aromatic N) is 1. The first kappa shape index (κ1) is 17.4. The number of methoxy groups -OCH3 is 2. The molecule has 0 unspecified atom stereocenters. The van der Waals surface area contributed by atoms with E-state index in [1.54, 1.807) is 20.3 Å². The summed E-state index contributed by atoms with van der Waals surface area (Å²) in [5.41, 5.74) is 1.55. The van der Waals surface area contributed by atoms with Gasteiger partial charge in [-0.2, -0.15) is 0 Å². The molecular weight excluding hydrogens is 358 g/mol. The Kier molecular flexibility index (Phi) is 5.35. The van der Waals surface area contributed by atoms with Crippen LogP contribution in [0.25, 0.3) is 10.6 Å². The molecule has 0 saturated heterocycles. The van der Waals surface area contributed by atoms with Gasteiger partial charge in [-0.15, -0.1) is 22.7 Å². The lowest BCUT2D eigenvalue weighted by Crippen LogP contribution is -2.03. The lowest BCUT2D eigenvalue weighted by Gasteiger charge is -2.10. The summed E-state index contributed by atoms with van der Waals surface area (Å²) < 4.78 is 16.1. The van der Waals surface area contributed by atoms with Crippen molar-refractivity contribution < 1.29 is 19.0 Å². The highest BCUT2D eigenvalue weighted by Gasteiger charge is 2.16. The summed E-state index contributed by atoms with van der Waals surface area (Å²) in [4.78, 5) is 18.2. The third kappa shape index (κ3) is 3.83. The number of rotatable bonds is 6. The zero-order chi connectivity index (χ0) is 17.8. The third-order valence-electron chi connectivity index (χ3n) is 3.48. The molecule has 130 valence electrons. The summed E-state index contributed by atoms with van der Waals surface area (Å²) in [7, 11) is 3.20. The van der Waals surface area contributed by atoms with Crippen molar-refractivity contribution in [3.8, 4) is 22.1 Å². The summed E-state index contributed by atoms with van der Waals surface area (Å²) >= 11 is 2.89. The van der Waals surface area contributed by atoms with Gasteiger partial charge in [0.05, 0.1) is 25.5 Å². The fourth-order valence-electron chi connectivity index (χ4n) is 2.31. The number of carbonyl (C=O) groups is 1. The lowest BCUT2D eigenvalue weighted by molar-refractivity contribution is 0.0474. The Balaban J connectivity index is 1.74. The molecule has 0 bridgehead atoms. The normalized spacial score (nSPS) is 10.5. The van der Waals surface area contributed by atoms with E-state index in [2.05, 4.69) is 4.98 Å². The number of ether oxygens (including phenoxy) is 3. The minimum atomic E-state index is -0.327. The smallest absolute Gasteiger partial charge is 0.348 e. The second-order valence-electron chi connectivity index (χ2n) is 5.17. The van der Waals surface area contributed by atoms with Crippen LogP contribution in [0.2, 0.25) is 0 Å². The summed E-state index contributed by atoms with van der Waals surface area (Å²) in [5, 5.41) is 2.66. The quantitative estimate of drug-likeness (QED) is 0.592. The zero-order valence-electron chi connectivity index (χ0n) is 14.1. The molecule has 2 aromatic heterocycles. The van der Waals surface area contributed by atoms with Gasteiger partial charge in [-0.25, -0.2) is 9.78 Å². The summed E-state index contributed by atoms with van der Waals surface area (Å²) in [6.45, 7) is 2.09. The molecular formula is C18H17NO4S2. The Morgan fingerprint density at radius 3 is 2.68 bits per heavy atom. The van der Waals surface area contributed by atoms with E-state index in [1.807, 2.05) is 36.6 Å². The van der Waals surface area contributed by atoms with Gasteiger partial charge in [0.25, 0.3) is 0 Å². The number of esters is 1. The molecule has 3 rings (SSSR count). The van der Waals surface area contributed by atoms with Crippen LogP contribution in [-0.2, 0) is 11.3 Å². The molecule has 2 heterocycles. The van der Waals surface area contributed by atoms with Crippen LogP contribution in [0, 0.1) is 6.92 Å². The molecule has 5 nitrogen and oxygen atoms in total. The standard InChI is InChI=1S/C18H17NO4S2/c1-11-7-8-15(25-11)18(20)23-9-12-10-24-17(19-12)13-5-4-6-14(21-2)16(13)22-3/h4-8,10H,9H2,1-3H3. The molecule has 0 fully saturated rings. The van der Waals surface area contributed by atoms with E-state index in [0.717, 1.165) is 15.4 Å². The summed E-state index contributed by atoms with van der Waals surface area (Å²) in [6, 6.07) is 9.32. The van der Waals surface area contributed by atoms with E-state index < -0.39 is 0 Å². The number of aromatic nitrogens is 1. The number of thiazole rings is 1. The Hall–Kier alpha value is -2.38. The van der Waals surface area contributed by atoms with Gasteiger partial charge in [-0.05, 0) is 31.2 Å². The second kappa shape index (κ2) is 7.67. The predicted octanol–water partition coefficient (Wildman–Crippen LogP) is 4.55. The number of para-hydroxylation sites is 1. The molecule has 0 N–H and O–H groups in total. The van der Waals surface area contributed by atoms with Crippen LogP contribution in [0.15, 0.2) is 35.7 Å². The van der Waals surface area contributed by atoms with E-state index >= 15 is 0 Å². The highest BCUT2D eigenvalue weighted by molar-refractivity contribution is 7.14. The molecule has 0 aliphatic heterocycles. The summed E-state index contributed by atoms with van der Waals surface area (Å²) in [6.07, 6.45) is 0. The van der Waals surface area contributed by atoms with Gasteiger partial charge in [-0.1, -0.05) is 6.07 Å². The average Bonchev–Trinajstić information content (AvgIpc) is 3.28. The van der Waals surface area contributed by atoms with Gasteiger partial charge in [0.15, 0.2) is 11.5 Å². The molecule has 0 radical (unpaired) electrons. The van der Waals surface area contributed by atoms with Crippen LogP contribution in [0.1, 0.15) is 20.2 Å². The van der Waals surface area contributed by atoms with Crippen molar-refractivity contribution in [3.05, 3.63) is 51.2 Å². The van der Waals surface area contributed by atoms with Crippen molar-refractivity contribution in [2.45, 2.75) is 13.5 Å². The van der Waals surface area contributed by atoms with Crippen LogP contribution >= 0.6 is 22.7 Å². The SMILES string of the molecule is COc1cccc(-c2nc(COC(=O)c3ccc(C)s3)cs2)c1OC. The van der Waals surface area contributed by atoms with Crippen molar-refractivity contribution in [2.24, 2.45) is 0 Å². The Labute approximate surface area is 153 Å². The molecule has 0 spiro atoms. The number of hydrogen-bond donors (Lipinski definition) is 0. The van der Waals surface area contributed by atoms with Crippen molar-refractivity contribution in [1.29, 1.82) is 0 Å². The monoisotopic (exact) mass is 375 g/mol. The van der Waals surface area contributed by atoms with E-state index in [9.17, 15) is 4.79 Å². The molecule has 1 aromatic carbocycles. The van der Waals surface area contributed by atoms with Gasteiger partial charge in [0, 0.05) is 10.3 Å². The number of thiophene rings is 1. The van der Waals surface area contributed by atoms with Crippen LogP contribution in [-0.4, -0.2) is 25.2 Å². The predicted molar refractivity (Wildman–Crippen MR) is 98.8 cm³/mol. The fourth-order valence-corrected chi connectivity index (χ4v) is 3.89. The Bertz CT molecular complexity index is 885. The Morgan fingerprint density at radius 2 is 2.00 bits per heavy atom. The number of benzene rings is 1. The molecule has 0 aliphatic carbocycles. The number of aryl methyl sites for hydroxylation is 1. The number of carbonyl (C=O) groups excluding carboxylic acids is 1. The van der Waals surface area contributed by atoms with Gasteiger partial charge >= 0.3 is 5.97 Å². The van der Waals surface area contributed by atoms with E-state index in [0.29, 0.717) is 22.1 Å². The molecule has 0 aliphatic rings. The first-order valence-electron chi connectivity index (χ1n) is 7.51. The fraction of sp³-hybridized carbons (Fsp3) is 0.222. The first-order valence-corrected chi connectivity index (χ1v) is 9.21. The minimum Gasteiger partial charge on any atom is -0.493 e. The van der Waals surface area contributed by atoms with Crippen LogP contribution < -0.4 is 9.47 Å². The number of hydrogen-bond acceptors (Lipinski definition) is 7. The highest BCUT2D eigenvalue weighted by Crippen LogP contribution is 2.39. The first-order chi connectivity index (χ1) is 12.1. The van der Waals surface area contributed by atoms with Gasteiger partial charge in [0.2, 0.25) is 0 Å². The van der Waals surface area contributed by atoms with Gasteiger partial charge in [-0.3, -0.25) is 0 Å². The third-order valence-corrected chi connectivity index (χ3v) is 5.38.